The molecule has 0 aromatic rings. The molecule has 0 radical (unpaired) electrons. The minimum atomic E-state index is 0. The molecule has 21 heavy (non-hydrogen) atoms. The largest absolute Gasteiger partial charge is 1.00 e. The molecule has 0 spiro atoms. The summed E-state index contributed by atoms with van der Waals surface area (Å²) in [7, 11) is 0. The fraction of sp³-hybridized carbons (Fsp3) is 1.00. The highest BCUT2D eigenvalue weighted by Crippen LogP contribution is 2.17. The first kappa shape index (κ1) is 23.9. The zero-order valence-corrected chi connectivity index (χ0v) is 17.6. The normalized spacial score (nSPS) is 11.4. The molecule has 0 aliphatic carbocycles. The van der Waals surface area contributed by atoms with Crippen LogP contribution in [0.25, 0.3) is 0 Å². The van der Waals surface area contributed by atoms with E-state index in [2.05, 4.69) is 27.7 Å². The van der Waals surface area contributed by atoms with Gasteiger partial charge < -0.3 is 28.5 Å². The van der Waals surface area contributed by atoms with Crippen molar-refractivity contribution >= 4 is 0 Å². The maximum Gasteiger partial charge on any atom is 0.0786 e. The lowest BCUT2D eigenvalue weighted by atomic mass is 10.1. The van der Waals surface area contributed by atoms with Crippen molar-refractivity contribution < 1.29 is 28.5 Å². The van der Waals surface area contributed by atoms with Gasteiger partial charge in [0.05, 0.1) is 26.2 Å². The van der Waals surface area contributed by atoms with Crippen molar-refractivity contribution in [1.29, 1.82) is 0 Å². The first-order valence-electron chi connectivity index (χ1n) is 9.59. The summed E-state index contributed by atoms with van der Waals surface area (Å²) in [6.07, 6.45) is 15.5. The second-order valence-corrected chi connectivity index (χ2v) is 6.71. The molecule has 0 bridgehead atoms. The SMILES string of the molecule is CCCCCCC[N+](CCCC)(CCCC)CCCC.[I-]. The highest BCUT2D eigenvalue weighted by atomic mass is 127. The van der Waals surface area contributed by atoms with Crippen LogP contribution in [0.1, 0.15) is 98.3 Å². The molecule has 0 N–H and O–H groups in total. The molecule has 0 rings (SSSR count). The minimum Gasteiger partial charge on any atom is -1.00 e. The van der Waals surface area contributed by atoms with Crippen LogP contribution in [0.4, 0.5) is 0 Å². The lowest BCUT2D eigenvalue weighted by molar-refractivity contribution is -0.929. The first-order valence-corrected chi connectivity index (χ1v) is 9.59. The first-order chi connectivity index (χ1) is 9.74. The number of unbranched alkanes of at least 4 members (excludes halogenated alkanes) is 7. The maximum atomic E-state index is 2.34. The van der Waals surface area contributed by atoms with Crippen molar-refractivity contribution in [2.45, 2.75) is 98.3 Å². The molecule has 0 unspecified atom stereocenters. The summed E-state index contributed by atoms with van der Waals surface area (Å²) in [5.74, 6) is 0. The number of quaternary nitrogens is 1. The van der Waals surface area contributed by atoms with Crippen molar-refractivity contribution in [3.63, 3.8) is 0 Å². The highest BCUT2D eigenvalue weighted by Gasteiger charge is 2.24. The zero-order valence-electron chi connectivity index (χ0n) is 15.4. The van der Waals surface area contributed by atoms with Crippen LogP contribution in [0.3, 0.4) is 0 Å². The molecule has 2 heteroatoms. The van der Waals surface area contributed by atoms with E-state index in [-0.39, 0.29) is 24.0 Å². The van der Waals surface area contributed by atoms with E-state index in [1.165, 1.54) is 101 Å². The Morgan fingerprint density at radius 1 is 0.429 bits per heavy atom. The van der Waals surface area contributed by atoms with Crippen LogP contribution in [0.15, 0.2) is 0 Å². The molecule has 0 aromatic carbocycles. The average Bonchev–Trinajstić information content (AvgIpc) is 2.48. The van der Waals surface area contributed by atoms with E-state index in [0.717, 1.165) is 0 Å². The highest BCUT2D eigenvalue weighted by molar-refractivity contribution is 4.51. The van der Waals surface area contributed by atoms with Crippen LogP contribution in [0.2, 0.25) is 0 Å². The van der Waals surface area contributed by atoms with Gasteiger partial charge in [0.25, 0.3) is 0 Å². The van der Waals surface area contributed by atoms with Gasteiger partial charge in [-0.2, -0.15) is 0 Å². The van der Waals surface area contributed by atoms with Crippen LogP contribution in [-0.2, 0) is 0 Å². The van der Waals surface area contributed by atoms with Crippen LogP contribution < -0.4 is 24.0 Å². The predicted molar refractivity (Wildman–Crippen MR) is 93.2 cm³/mol. The molecule has 1 nitrogen and oxygen atoms in total. The molecule has 0 aliphatic heterocycles. The minimum absolute atomic E-state index is 0. The van der Waals surface area contributed by atoms with Gasteiger partial charge in [0, 0.05) is 0 Å². The lowest BCUT2D eigenvalue weighted by Crippen LogP contribution is -3.00. The summed E-state index contributed by atoms with van der Waals surface area (Å²) in [6, 6.07) is 0. The quantitative estimate of drug-likeness (QED) is 0.221. The van der Waals surface area contributed by atoms with Crippen LogP contribution >= 0.6 is 0 Å². The summed E-state index contributed by atoms with van der Waals surface area (Å²) in [4.78, 5) is 0. The van der Waals surface area contributed by atoms with Gasteiger partial charge in [-0.15, -0.1) is 0 Å². The van der Waals surface area contributed by atoms with Gasteiger partial charge in [0.15, 0.2) is 0 Å². The Bertz CT molecular complexity index is 172. The Labute approximate surface area is 152 Å². The van der Waals surface area contributed by atoms with E-state index in [1.807, 2.05) is 0 Å². The average molecular weight is 411 g/mol. The Balaban J connectivity index is 0. The van der Waals surface area contributed by atoms with E-state index in [0.29, 0.717) is 0 Å². The van der Waals surface area contributed by atoms with Crippen LogP contribution in [-0.4, -0.2) is 30.7 Å². The molecule has 0 saturated carbocycles. The van der Waals surface area contributed by atoms with Crippen molar-refractivity contribution in [3.8, 4) is 0 Å². The number of hydrogen-bond acceptors (Lipinski definition) is 0. The van der Waals surface area contributed by atoms with Gasteiger partial charge in [-0.3, -0.25) is 0 Å². The van der Waals surface area contributed by atoms with E-state index in [4.69, 9.17) is 0 Å². The Hall–Kier alpha value is 0.690. The maximum absolute atomic E-state index is 2.34. The third-order valence-corrected chi connectivity index (χ3v) is 4.69. The van der Waals surface area contributed by atoms with Crippen LogP contribution in [0.5, 0.6) is 0 Å². The Morgan fingerprint density at radius 3 is 1.14 bits per heavy atom. The lowest BCUT2D eigenvalue weighted by Gasteiger charge is -2.39. The van der Waals surface area contributed by atoms with E-state index < -0.39 is 0 Å². The Kier molecular flexibility index (Phi) is 19.4. The van der Waals surface area contributed by atoms with E-state index >= 15 is 0 Å². The second kappa shape index (κ2) is 17.1. The number of hydrogen-bond donors (Lipinski definition) is 0. The standard InChI is InChI=1S/C19H42N.HI/c1-5-9-13-14-15-19-20(16-10-6-2,17-11-7-3)18-12-8-4;/h5-19H2,1-4H3;1H/q+1;/p-1. The van der Waals surface area contributed by atoms with Crippen LogP contribution in [0, 0.1) is 0 Å². The number of nitrogens with zero attached hydrogens (tertiary/aromatic N) is 1. The topological polar surface area (TPSA) is 0 Å². The summed E-state index contributed by atoms with van der Waals surface area (Å²) in [5.41, 5.74) is 0. The fourth-order valence-electron chi connectivity index (χ4n) is 3.20. The third-order valence-electron chi connectivity index (χ3n) is 4.69. The van der Waals surface area contributed by atoms with Gasteiger partial charge in [-0.1, -0.05) is 66.2 Å². The van der Waals surface area contributed by atoms with Gasteiger partial charge in [-0.05, 0) is 32.1 Å². The zero-order chi connectivity index (χ0) is 15.1. The molecular weight excluding hydrogens is 369 g/mol. The third kappa shape index (κ3) is 12.9. The van der Waals surface area contributed by atoms with E-state index in [1.54, 1.807) is 0 Å². The predicted octanol–water partition coefficient (Wildman–Crippen LogP) is 3.18. The smallest absolute Gasteiger partial charge is 0.0786 e. The van der Waals surface area contributed by atoms with Crippen molar-refractivity contribution in [2.75, 3.05) is 26.2 Å². The molecule has 0 heterocycles. The monoisotopic (exact) mass is 411 g/mol. The molecule has 0 atom stereocenters. The van der Waals surface area contributed by atoms with Crippen molar-refractivity contribution in [1.82, 2.24) is 0 Å². The second-order valence-electron chi connectivity index (χ2n) is 6.71. The molecule has 0 aliphatic rings. The molecule has 0 saturated heterocycles. The molecule has 130 valence electrons. The number of halogens is 1. The summed E-state index contributed by atoms with van der Waals surface area (Å²) in [6.45, 7) is 15.1. The molecule has 0 aromatic heterocycles. The molecule has 0 amide bonds. The summed E-state index contributed by atoms with van der Waals surface area (Å²) >= 11 is 0. The summed E-state index contributed by atoms with van der Waals surface area (Å²) < 4.78 is 1.43. The van der Waals surface area contributed by atoms with E-state index in [9.17, 15) is 0 Å². The van der Waals surface area contributed by atoms with Gasteiger partial charge in [-0.25, -0.2) is 0 Å². The molecule has 0 fully saturated rings. The summed E-state index contributed by atoms with van der Waals surface area (Å²) in [5, 5.41) is 0. The van der Waals surface area contributed by atoms with Crippen molar-refractivity contribution in [3.05, 3.63) is 0 Å². The van der Waals surface area contributed by atoms with Crippen molar-refractivity contribution in [2.24, 2.45) is 0 Å². The number of rotatable bonds is 15. The van der Waals surface area contributed by atoms with Gasteiger partial charge >= 0.3 is 0 Å². The Morgan fingerprint density at radius 2 is 0.762 bits per heavy atom. The molecular formula is C19H42IN. The van der Waals surface area contributed by atoms with Gasteiger partial charge in [0.2, 0.25) is 0 Å². The fourth-order valence-corrected chi connectivity index (χ4v) is 3.20. The van der Waals surface area contributed by atoms with Gasteiger partial charge in [0.1, 0.15) is 0 Å².